The van der Waals surface area contributed by atoms with Crippen LogP contribution >= 0.6 is 12.4 Å². The molecule has 7 heteroatoms. The maximum atomic E-state index is 12.3. The molecule has 2 unspecified atom stereocenters. The van der Waals surface area contributed by atoms with Gasteiger partial charge in [-0.05, 0) is 32.0 Å². The van der Waals surface area contributed by atoms with Crippen LogP contribution < -0.4 is 20.7 Å². The van der Waals surface area contributed by atoms with Crippen LogP contribution in [-0.4, -0.2) is 37.0 Å². The number of hydrogen-bond donors (Lipinski definition) is 3. The minimum Gasteiger partial charge on any atom is -0.478 e. The van der Waals surface area contributed by atoms with Crippen molar-refractivity contribution >= 4 is 29.9 Å². The third-order valence-corrected chi connectivity index (χ3v) is 3.58. The molecular formula is C14H18ClN3O3. The number of fused-ring (bicyclic) bond motifs is 1. The van der Waals surface area contributed by atoms with Crippen LogP contribution in [0, 0.1) is 0 Å². The molecule has 6 nitrogen and oxygen atoms in total. The zero-order valence-electron chi connectivity index (χ0n) is 11.6. The Bertz CT molecular complexity index is 558. The number of benzene rings is 1. The van der Waals surface area contributed by atoms with Gasteiger partial charge in [0.25, 0.3) is 11.8 Å². The molecule has 114 valence electrons. The smallest absolute Gasteiger partial charge is 0.265 e. The van der Waals surface area contributed by atoms with Crippen molar-refractivity contribution in [3.63, 3.8) is 0 Å². The topological polar surface area (TPSA) is 79.5 Å². The summed E-state index contributed by atoms with van der Waals surface area (Å²) in [5.74, 6) is 0.0806. The number of para-hydroxylation sites is 1. The molecule has 1 aromatic carbocycles. The van der Waals surface area contributed by atoms with Gasteiger partial charge in [-0.25, -0.2) is 0 Å². The van der Waals surface area contributed by atoms with E-state index in [1.165, 1.54) is 0 Å². The van der Waals surface area contributed by atoms with Crippen LogP contribution in [0.15, 0.2) is 18.2 Å². The second-order valence-corrected chi connectivity index (χ2v) is 5.09. The van der Waals surface area contributed by atoms with Crippen LogP contribution in [-0.2, 0) is 4.79 Å². The van der Waals surface area contributed by atoms with E-state index in [0.717, 1.165) is 19.5 Å². The Labute approximate surface area is 129 Å². The van der Waals surface area contributed by atoms with E-state index in [1.54, 1.807) is 25.1 Å². The maximum absolute atomic E-state index is 12.3. The number of amides is 2. The second-order valence-electron chi connectivity index (χ2n) is 5.09. The highest BCUT2D eigenvalue weighted by Crippen LogP contribution is 2.33. The predicted octanol–water partition coefficient (Wildman–Crippen LogP) is 0.919. The van der Waals surface area contributed by atoms with Gasteiger partial charge in [-0.15, -0.1) is 12.4 Å². The van der Waals surface area contributed by atoms with Gasteiger partial charge in [0.15, 0.2) is 11.9 Å². The molecule has 0 saturated carbocycles. The molecule has 2 aliphatic heterocycles. The number of nitrogens with one attached hydrogen (secondary N) is 3. The van der Waals surface area contributed by atoms with Gasteiger partial charge in [-0.3, -0.25) is 9.59 Å². The van der Waals surface area contributed by atoms with Crippen LogP contribution in [0.4, 0.5) is 5.69 Å². The average molecular weight is 312 g/mol. The van der Waals surface area contributed by atoms with Crippen molar-refractivity contribution in [2.75, 3.05) is 18.4 Å². The highest BCUT2D eigenvalue weighted by molar-refractivity contribution is 6.04. The van der Waals surface area contributed by atoms with Gasteiger partial charge in [0.05, 0.1) is 11.3 Å². The third-order valence-electron chi connectivity index (χ3n) is 3.58. The van der Waals surface area contributed by atoms with Crippen molar-refractivity contribution in [3.05, 3.63) is 23.8 Å². The number of anilines is 1. The first-order valence-electron chi connectivity index (χ1n) is 6.77. The molecule has 3 rings (SSSR count). The Balaban J connectivity index is 0.00000161. The summed E-state index contributed by atoms with van der Waals surface area (Å²) in [4.78, 5) is 23.9. The van der Waals surface area contributed by atoms with Crippen LogP contribution in [0.5, 0.6) is 5.75 Å². The number of halogens is 1. The molecular weight excluding hydrogens is 294 g/mol. The van der Waals surface area contributed by atoms with Gasteiger partial charge in [-0.1, -0.05) is 6.07 Å². The fraction of sp³-hybridized carbons (Fsp3) is 0.429. The first-order chi connectivity index (χ1) is 9.65. The molecule has 1 fully saturated rings. The molecule has 2 atom stereocenters. The number of carbonyl (C=O) groups is 2. The summed E-state index contributed by atoms with van der Waals surface area (Å²) in [5.41, 5.74) is 1.01. The first kappa shape index (κ1) is 15.6. The summed E-state index contributed by atoms with van der Waals surface area (Å²) >= 11 is 0. The third kappa shape index (κ3) is 3.11. The standard InChI is InChI=1S/C14H17N3O3.ClH/c1-8-13(18)17-11-4-2-3-10(12(11)20-8)14(19)16-9-5-6-15-7-9;/h2-4,8-9,15H,5-7H2,1H3,(H,16,19)(H,17,18);1H. The zero-order chi connectivity index (χ0) is 14.1. The summed E-state index contributed by atoms with van der Waals surface area (Å²) in [7, 11) is 0. The largest absolute Gasteiger partial charge is 0.478 e. The van der Waals surface area contributed by atoms with E-state index in [4.69, 9.17) is 4.74 Å². The van der Waals surface area contributed by atoms with Gasteiger partial charge in [-0.2, -0.15) is 0 Å². The van der Waals surface area contributed by atoms with Gasteiger partial charge >= 0.3 is 0 Å². The molecule has 1 aromatic rings. The number of hydrogen-bond acceptors (Lipinski definition) is 4. The zero-order valence-corrected chi connectivity index (χ0v) is 12.5. The van der Waals surface area contributed by atoms with E-state index in [-0.39, 0.29) is 30.3 Å². The lowest BCUT2D eigenvalue weighted by Gasteiger charge is -2.25. The summed E-state index contributed by atoms with van der Waals surface area (Å²) in [5, 5.41) is 8.92. The van der Waals surface area contributed by atoms with Crippen molar-refractivity contribution in [2.45, 2.75) is 25.5 Å². The van der Waals surface area contributed by atoms with E-state index >= 15 is 0 Å². The second kappa shape index (κ2) is 6.32. The lowest BCUT2D eigenvalue weighted by Crippen LogP contribution is -2.38. The molecule has 0 spiro atoms. The van der Waals surface area contributed by atoms with Crippen LogP contribution in [0.2, 0.25) is 0 Å². The minimum atomic E-state index is -0.593. The highest BCUT2D eigenvalue weighted by atomic mass is 35.5. The van der Waals surface area contributed by atoms with Gasteiger partial charge in [0, 0.05) is 12.6 Å². The van der Waals surface area contributed by atoms with Gasteiger partial charge in [0.2, 0.25) is 0 Å². The molecule has 0 bridgehead atoms. The first-order valence-corrected chi connectivity index (χ1v) is 6.77. The molecule has 21 heavy (non-hydrogen) atoms. The molecule has 0 aromatic heterocycles. The SMILES string of the molecule is CC1Oc2c(cccc2C(=O)NC2CCNC2)NC1=O.Cl. The van der Waals surface area contributed by atoms with Crippen LogP contribution in [0.3, 0.4) is 0 Å². The molecule has 0 aliphatic carbocycles. The molecule has 0 radical (unpaired) electrons. The molecule has 3 N–H and O–H groups in total. The Morgan fingerprint density at radius 1 is 1.43 bits per heavy atom. The van der Waals surface area contributed by atoms with Crippen molar-refractivity contribution in [1.82, 2.24) is 10.6 Å². The normalized spacial score (nSPS) is 23.4. The van der Waals surface area contributed by atoms with Crippen molar-refractivity contribution < 1.29 is 14.3 Å². The summed E-state index contributed by atoms with van der Waals surface area (Å²) < 4.78 is 5.57. The van der Waals surface area contributed by atoms with E-state index in [9.17, 15) is 9.59 Å². The van der Waals surface area contributed by atoms with Crippen molar-refractivity contribution in [2.24, 2.45) is 0 Å². The van der Waals surface area contributed by atoms with Crippen molar-refractivity contribution in [1.29, 1.82) is 0 Å². The van der Waals surface area contributed by atoms with E-state index < -0.39 is 6.10 Å². The Hall–Kier alpha value is -1.79. The number of rotatable bonds is 2. The maximum Gasteiger partial charge on any atom is 0.265 e. The quantitative estimate of drug-likeness (QED) is 0.759. The molecule has 2 amide bonds. The Morgan fingerprint density at radius 3 is 2.95 bits per heavy atom. The summed E-state index contributed by atoms with van der Waals surface area (Å²) in [6, 6.07) is 5.32. The highest BCUT2D eigenvalue weighted by Gasteiger charge is 2.28. The summed E-state index contributed by atoms with van der Waals surface area (Å²) in [6.07, 6.45) is 0.332. The predicted molar refractivity (Wildman–Crippen MR) is 81.2 cm³/mol. The monoisotopic (exact) mass is 311 g/mol. The van der Waals surface area contributed by atoms with Gasteiger partial charge < -0.3 is 20.7 Å². The molecule has 1 saturated heterocycles. The summed E-state index contributed by atoms with van der Waals surface area (Å²) in [6.45, 7) is 3.37. The Kier molecular flexibility index (Phi) is 4.69. The van der Waals surface area contributed by atoms with E-state index in [0.29, 0.717) is 17.0 Å². The number of ether oxygens (including phenoxy) is 1. The van der Waals surface area contributed by atoms with Crippen LogP contribution in [0.1, 0.15) is 23.7 Å². The fourth-order valence-corrected chi connectivity index (χ4v) is 2.45. The lowest BCUT2D eigenvalue weighted by molar-refractivity contribution is -0.122. The van der Waals surface area contributed by atoms with E-state index in [1.807, 2.05) is 0 Å². The lowest BCUT2D eigenvalue weighted by atomic mass is 10.1. The average Bonchev–Trinajstić information content (AvgIpc) is 2.92. The Morgan fingerprint density at radius 2 is 2.24 bits per heavy atom. The van der Waals surface area contributed by atoms with Crippen molar-refractivity contribution in [3.8, 4) is 5.75 Å². The minimum absolute atomic E-state index is 0. The van der Waals surface area contributed by atoms with Crippen LogP contribution in [0.25, 0.3) is 0 Å². The molecule has 2 aliphatic rings. The fourth-order valence-electron chi connectivity index (χ4n) is 2.45. The molecule has 2 heterocycles. The van der Waals surface area contributed by atoms with E-state index in [2.05, 4.69) is 16.0 Å². The van der Waals surface area contributed by atoms with Gasteiger partial charge in [0.1, 0.15) is 0 Å². The number of carbonyl (C=O) groups excluding carboxylic acids is 2.